The summed E-state index contributed by atoms with van der Waals surface area (Å²) >= 11 is 7.67. The lowest BCUT2D eigenvalue weighted by Crippen LogP contribution is -2.17. The van der Waals surface area contributed by atoms with Gasteiger partial charge in [0.25, 0.3) is 10.0 Å². The van der Waals surface area contributed by atoms with Crippen LogP contribution < -0.4 is 14.4 Å². The van der Waals surface area contributed by atoms with Gasteiger partial charge in [-0.05, 0) is 61.7 Å². The first-order valence-corrected chi connectivity index (χ1v) is 13.7. The zero-order valence-corrected chi connectivity index (χ0v) is 21.2. The van der Waals surface area contributed by atoms with Crippen LogP contribution in [0, 0.1) is 6.92 Å². The molecule has 0 bridgehead atoms. The van der Waals surface area contributed by atoms with Gasteiger partial charge in [0.05, 0.1) is 17.7 Å². The van der Waals surface area contributed by atoms with Gasteiger partial charge >= 0.3 is 0 Å². The number of aromatic nitrogens is 1. The molecule has 3 heterocycles. The number of methoxy groups -OCH3 is 1. The Kier molecular flexibility index (Phi) is 6.14. The Labute approximate surface area is 208 Å². The standard InChI is InChI=1S/C25H24ClN3O3S2/c1-16-13-21(28-34(30,31)20-10-6-8-18(26)15-20)23-22(17-7-5-9-19(14-17)32-2)25(33-24(23)27-16)29-11-3-4-12-29/h5-10,13-15H,3-4,11-12H2,1-2H3,(H,27,28). The minimum Gasteiger partial charge on any atom is -0.497 e. The molecule has 0 unspecified atom stereocenters. The van der Waals surface area contributed by atoms with E-state index < -0.39 is 10.0 Å². The number of hydrogen-bond donors (Lipinski definition) is 1. The first-order chi connectivity index (χ1) is 16.4. The first kappa shape index (κ1) is 23.0. The number of aryl methyl sites for hydroxylation is 1. The molecule has 2 aromatic heterocycles. The van der Waals surface area contributed by atoms with Crippen molar-refractivity contribution in [2.45, 2.75) is 24.7 Å². The number of hydrogen-bond acceptors (Lipinski definition) is 6. The SMILES string of the molecule is COc1cccc(-c2c(N3CCCC3)sc3nc(C)cc(NS(=O)(=O)c4cccc(Cl)c4)c23)c1. The molecule has 176 valence electrons. The zero-order valence-electron chi connectivity index (χ0n) is 18.8. The summed E-state index contributed by atoms with van der Waals surface area (Å²) in [6.07, 6.45) is 2.26. The summed E-state index contributed by atoms with van der Waals surface area (Å²) in [6, 6.07) is 15.9. The Bertz CT molecular complexity index is 1480. The fourth-order valence-corrected chi connectivity index (χ4v) is 7.00. The maximum absolute atomic E-state index is 13.3. The highest BCUT2D eigenvalue weighted by atomic mass is 35.5. The molecule has 2 aromatic carbocycles. The predicted octanol–water partition coefficient (Wildman–Crippen LogP) is 6.33. The highest BCUT2D eigenvalue weighted by molar-refractivity contribution is 7.92. The topological polar surface area (TPSA) is 71.5 Å². The van der Waals surface area contributed by atoms with E-state index >= 15 is 0 Å². The van der Waals surface area contributed by atoms with E-state index in [1.54, 1.807) is 36.6 Å². The third-order valence-corrected chi connectivity index (χ3v) is 8.62. The molecular formula is C25H24ClN3O3S2. The van der Waals surface area contributed by atoms with E-state index in [0.29, 0.717) is 10.7 Å². The number of nitrogens with one attached hydrogen (secondary N) is 1. The monoisotopic (exact) mass is 513 g/mol. The smallest absolute Gasteiger partial charge is 0.261 e. The van der Waals surface area contributed by atoms with Gasteiger partial charge < -0.3 is 9.64 Å². The van der Waals surface area contributed by atoms with E-state index in [2.05, 4.69) is 9.62 Å². The summed E-state index contributed by atoms with van der Waals surface area (Å²) in [4.78, 5) is 8.05. The molecule has 0 spiro atoms. The molecule has 1 aliphatic rings. The highest BCUT2D eigenvalue weighted by Crippen LogP contribution is 2.48. The lowest BCUT2D eigenvalue weighted by Gasteiger charge is -2.18. The average molecular weight is 514 g/mol. The molecule has 0 amide bonds. The second-order valence-corrected chi connectivity index (χ2v) is 11.4. The van der Waals surface area contributed by atoms with Crippen LogP contribution in [0.25, 0.3) is 21.3 Å². The molecule has 0 atom stereocenters. The molecule has 5 rings (SSSR count). The van der Waals surface area contributed by atoms with E-state index in [1.807, 2.05) is 31.2 Å². The maximum atomic E-state index is 13.3. The van der Waals surface area contributed by atoms with Crippen LogP contribution in [0.4, 0.5) is 10.7 Å². The van der Waals surface area contributed by atoms with E-state index in [-0.39, 0.29) is 4.90 Å². The van der Waals surface area contributed by atoms with Gasteiger partial charge in [-0.25, -0.2) is 13.4 Å². The number of sulfonamides is 1. The molecule has 34 heavy (non-hydrogen) atoms. The fourth-order valence-electron chi connectivity index (χ4n) is 4.32. The van der Waals surface area contributed by atoms with Crippen LogP contribution in [0.5, 0.6) is 5.75 Å². The predicted molar refractivity (Wildman–Crippen MR) is 140 cm³/mol. The number of rotatable bonds is 6. The van der Waals surface area contributed by atoms with Crippen LogP contribution in [0.2, 0.25) is 5.02 Å². The van der Waals surface area contributed by atoms with Gasteiger partial charge in [-0.1, -0.05) is 41.1 Å². The number of anilines is 2. The Morgan fingerprint density at radius 1 is 1.09 bits per heavy atom. The van der Waals surface area contributed by atoms with Crippen molar-refractivity contribution in [2.24, 2.45) is 0 Å². The van der Waals surface area contributed by atoms with Gasteiger partial charge in [-0.15, -0.1) is 0 Å². The van der Waals surface area contributed by atoms with Crippen LogP contribution >= 0.6 is 22.9 Å². The molecule has 0 radical (unpaired) electrons. The number of thiophene rings is 1. The molecule has 1 aliphatic heterocycles. The van der Waals surface area contributed by atoms with Crippen LogP contribution in [-0.2, 0) is 10.0 Å². The van der Waals surface area contributed by atoms with Gasteiger partial charge in [-0.3, -0.25) is 4.72 Å². The Hall–Kier alpha value is -2.81. The maximum Gasteiger partial charge on any atom is 0.261 e. The van der Waals surface area contributed by atoms with Crippen molar-refractivity contribution in [3.8, 4) is 16.9 Å². The summed E-state index contributed by atoms with van der Waals surface area (Å²) in [5.74, 6) is 0.741. The summed E-state index contributed by atoms with van der Waals surface area (Å²) < 4.78 is 34.9. The first-order valence-electron chi connectivity index (χ1n) is 11.0. The van der Waals surface area contributed by atoms with Crippen molar-refractivity contribution in [3.05, 3.63) is 65.3 Å². The molecule has 4 aromatic rings. The number of ether oxygens (including phenoxy) is 1. The van der Waals surface area contributed by atoms with Gasteiger partial charge in [0, 0.05) is 34.8 Å². The van der Waals surface area contributed by atoms with E-state index in [0.717, 1.165) is 63.7 Å². The lowest BCUT2D eigenvalue weighted by molar-refractivity contribution is 0.415. The number of benzene rings is 2. The van der Waals surface area contributed by atoms with E-state index in [4.69, 9.17) is 21.3 Å². The van der Waals surface area contributed by atoms with E-state index in [9.17, 15) is 8.42 Å². The van der Waals surface area contributed by atoms with Crippen molar-refractivity contribution in [2.75, 3.05) is 29.8 Å². The Balaban J connectivity index is 1.74. The molecule has 0 aliphatic carbocycles. The fraction of sp³-hybridized carbons (Fsp3) is 0.240. The second kappa shape index (κ2) is 9.09. The second-order valence-electron chi connectivity index (χ2n) is 8.26. The molecule has 1 saturated heterocycles. The van der Waals surface area contributed by atoms with Crippen molar-refractivity contribution in [3.63, 3.8) is 0 Å². The molecule has 6 nitrogen and oxygen atoms in total. The molecular weight excluding hydrogens is 490 g/mol. The molecule has 1 fully saturated rings. The highest BCUT2D eigenvalue weighted by Gasteiger charge is 2.26. The summed E-state index contributed by atoms with van der Waals surface area (Å²) in [5, 5.41) is 2.25. The molecule has 1 N–H and O–H groups in total. The number of pyridine rings is 1. The molecule has 9 heteroatoms. The van der Waals surface area contributed by atoms with Crippen molar-refractivity contribution in [1.82, 2.24) is 4.98 Å². The van der Waals surface area contributed by atoms with Gasteiger partial charge in [-0.2, -0.15) is 0 Å². The number of fused-ring (bicyclic) bond motifs is 1. The minimum atomic E-state index is -3.86. The van der Waals surface area contributed by atoms with Crippen molar-refractivity contribution in [1.29, 1.82) is 0 Å². The Morgan fingerprint density at radius 3 is 2.59 bits per heavy atom. The lowest BCUT2D eigenvalue weighted by atomic mass is 10.0. The zero-order chi connectivity index (χ0) is 23.9. The quantitative estimate of drug-likeness (QED) is 0.326. The van der Waals surface area contributed by atoms with Gasteiger partial charge in [0.2, 0.25) is 0 Å². The van der Waals surface area contributed by atoms with Gasteiger partial charge in [0.15, 0.2) is 0 Å². The summed E-state index contributed by atoms with van der Waals surface area (Å²) in [6.45, 7) is 3.80. The summed E-state index contributed by atoms with van der Waals surface area (Å²) in [7, 11) is -2.22. The van der Waals surface area contributed by atoms with E-state index in [1.165, 1.54) is 12.1 Å². The molecule has 0 saturated carbocycles. The van der Waals surface area contributed by atoms with Crippen LogP contribution in [0.15, 0.2) is 59.5 Å². The minimum absolute atomic E-state index is 0.112. The normalized spacial score (nSPS) is 14.0. The van der Waals surface area contributed by atoms with Crippen LogP contribution in [0.3, 0.4) is 0 Å². The average Bonchev–Trinajstić information content (AvgIpc) is 3.47. The third kappa shape index (κ3) is 4.33. The Morgan fingerprint density at radius 2 is 1.85 bits per heavy atom. The summed E-state index contributed by atoms with van der Waals surface area (Å²) in [5.41, 5.74) is 3.17. The largest absolute Gasteiger partial charge is 0.497 e. The van der Waals surface area contributed by atoms with Crippen molar-refractivity contribution < 1.29 is 13.2 Å². The van der Waals surface area contributed by atoms with Gasteiger partial charge in [0.1, 0.15) is 15.6 Å². The third-order valence-electron chi connectivity index (χ3n) is 5.87. The van der Waals surface area contributed by atoms with Crippen LogP contribution in [0.1, 0.15) is 18.5 Å². The van der Waals surface area contributed by atoms with Crippen molar-refractivity contribution >= 4 is 53.9 Å². The number of halogens is 1. The number of nitrogens with zero attached hydrogens (tertiary/aromatic N) is 2. The van der Waals surface area contributed by atoms with Crippen LogP contribution in [-0.4, -0.2) is 33.6 Å².